The highest BCUT2D eigenvalue weighted by molar-refractivity contribution is 6.35. The predicted octanol–water partition coefficient (Wildman–Crippen LogP) is 4.65. The fraction of sp³-hybridized carbons (Fsp3) is 0.421. The lowest BCUT2D eigenvalue weighted by Gasteiger charge is -2.34. The third kappa shape index (κ3) is 4.33. The van der Waals surface area contributed by atoms with Crippen LogP contribution in [0.4, 0.5) is 13.2 Å². The molecule has 6 nitrogen and oxygen atoms in total. The molecule has 30 heavy (non-hydrogen) atoms. The maximum absolute atomic E-state index is 13.0. The van der Waals surface area contributed by atoms with Gasteiger partial charge in [-0.1, -0.05) is 37.7 Å². The third-order valence-electron chi connectivity index (χ3n) is 4.84. The largest absolute Gasteiger partial charge is 0.449 e. The van der Waals surface area contributed by atoms with Gasteiger partial charge >= 0.3 is 6.18 Å². The van der Waals surface area contributed by atoms with E-state index in [-0.39, 0.29) is 18.9 Å². The first-order valence-electron chi connectivity index (χ1n) is 9.52. The Morgan fingerprint density at radius 1 is 1.40 bits per heavy atom. The van der Waals surface area contributed by atoms with E-state index in [4.69, 9.17) is 11.6 Å². The number of fused-ring (bicyclic) bond motifs is 2. The number of para-hydroxylation sites is 1. The highest BCUT2D eigenvalue weighted by Crippen LogP contribution is 2.32. The molecule has 0 aliphatic carbocycles. The van der Waals surface area contributed by atoms with Crippen LogP contribution in [0.3, 0.4) is 0 Å². The molecule has 0 saturated carbocycles. The molecule has 2 aromatic heterocycles. The van der Waals surface area contributed by atoms with Crippen molar-refractivity contribution in [3.05, 3.63) is 46.8 Å². The number of aromatic amines is 1. The van der Waals surface area contributed by atoms with Crippen LogP contribution in [-0.4, -0.2) is 43.6 Å². The summed E-state index contributed by atoms with van der Waals surface area (Å²) in [6.07, 6.45) is -2.18. The molecule has 1 unspecified atom stereocenters. The van der Waals surface area contributed by atoms with Crippen LogP contribution in [0, 0.1) is 0 Å². The van der Waals surface area contributed by atoms with Crippen LogP contribution in [0.2, 0.25) is 18.2 Å². The number of H-pyrrole nitrogens is 1. The van der Waals surface area contributed by atoms with Crippen LogP contribution < -0.4 is 0 Å². The van der Waals surface area contributed by atoms with E-state index in [1.807, 2.05) is 0 Å². The Bertz CT molecular complexity index is 1050. The van der Waals surface area contributed by atoms with Gasteiger partial charge in [-0.15, -0.1) is 0 Å². The van der Waals surface area contributed by atoms with Gasteiger partial charge in [-0.2, -0.15) is 13.2 Å². The maximum atomic E-state index is 13.0. The van der Waals surface area contributed by atoms with Crippen molar-refractivity contribution in [2.45, 2.75) is 52.3 Å². The number of carbonyl (C=O) groups excluding carboxylic acids is 1. The highest BCUT2D eigenvalue weighted by Gasteiger charge is 2.40. The summed E-state index contributed by atoms with van der Waals surface area (Å²) in [5.41, 5.74) is 1.43. The van der Waals surface area contributed by atoms with Crippen molar-refractivity contribution in [1.82, 2.24) is 24.4 Å². The molecule has 1 aromatic carbocycles. The van der Waals surface area contributed by atoms with Gasteiger partial charge in [0.25, 0.3) is 5.91 Å². The standard InChI is InChI=1S/C16H13ClF3N5O.C3H8B/c1-8-6-25-9(5-21-15(25)16(18,19)20)7-24(8)14(26)13-22-11-4-2-3-10(17)12(11)23-13;1-3-4-2/h2-5,8H,6-7H2,1H3,(H,22,23);3H2,1-2H3. The first-order chi connectivity index (χ1) is 14.2. The van der Waals surface area contributed by atoms with Gasteiger partial charge in [-0.25, -0.2) is 9.97 Å². The number of halogens is 4. The zero-order valence-corrected chi connectivity index (χ0v) is 17.6. The number of imidazole rings is 2. The van der Waals surface area contributed by atoms with Crippen molar-refractivity contribution >= 4 is 35.8 Å². The molecular weight excluding hydrogens is 418 g/mol. The second-order valence-electron chi connectivity index (χ2n) is 7.00. The molecule has 1 amide bonds. The predicted molar refractivity (Wildman–Crippen MR) is 110 cm³/mol. The van der Waals surface area contributed by atoms with Gasteiger partial charge in [0, 0.05) is 12.6 Å². The van der Waals surface area contributed by atoms with Crippen LogP contribution in [-0.2, 0) is 19.3 Å². The van der Waals surface area contributed by atoms with E-state index in [1.165, 1.54) is 11.2 Å². The van der Waals surface area contributed by atoms with Gasteiger partial charge in [-0.05, 0) is 19.1 Å². The lowest BCUT2D eigenvalue weighted by atomic mass is 9.79. The molecule has 4 rings (SSSR count). The van der Waals surface area contributed by atoms with E-state index in [0.717, 1.165) is 10.8 Å². The van der Waals surface area contributed by atoms with E-state index in [2.05, 4.69) is 36.0 Å². The fourth-order valence-corrected chi connectivity index (χ4v) is 3.38. The molecule has 1 N–H and O–H groups in total. The topological polar surface area (TPSA) is 66.8 Å². The molecule has 0 saturated heterocycles. The smallest absolute Gasteiger partial charge is 0.334 e. The molecule has 159 valence electrons. The second-order valence-corrected chi connectivity index (χ2v) is 7.41. The van der Waals surface area contributed by atoms with Gasteiger partial charge in [0.2, 0.25) is 5.82 Å². The van der Waals surface area contributed by atoms with Crippen molar-refractivity contribution in [2.24, 2.45) is 0 Å². The van der Waals surface area contributed by atoms with Crippen molar-refractivity contribution in [2.75, 3.05) is 0 Å². The molecule has 1 aliphatic heterocycles. The first-order valence-corrected chi connectivity index (χ1v) is 9.89. The average Bonchev–Trinajstić information content (AvgIpc) is 3.31. The normalized spacial score (nSPS) is 16.1. The molecular formula is C19H21BClF3N5O. The Kier molecular flexibility index (Phi) is 6.45. The van der Waals surface area contributed by atoms with E-state index in [0.29, 0.717) is 21.7 Å². The molecule has 11 heteroatoms. The maximum Gasteiger partial charge on any atom is 0.449 e. The van der Waals surface area contributed by atoms with E-state index in [9.17, 15) is 18.0 Å². The Morgan fingerprint density at radius 2 is 2.10 bits per heavy atom. The summed E-state index contributed by atoms with van der Waals surface area (Å²) >= 11 is 6.08. The Balaban J connectivity index is 0.000000589. The Labute approximate surface area is 177 Å². The number of nitrogens with one attached hydrogen (secondary N) is 1. The second kappa shape index (κ2) is 8.71. The number of benzene rings is 1. The molecule has 1 radical (unpaired) electrons. The van der Waals surface area contributed by atoms with Crippen LogP contribution in [0.15, 0.2) is 24.4 Å². The third-order valence-corrected chi connectivity index (χ3v) is 5.14. The molecule has 0 fully saturated rings. The first kappa shape index (κ1) is 22.2. The van der Waals surface area contributed by atoms with E-state index in [1.54, 1.807) is 25.1 Å². The van der Waals surface area contributed by atoms with Crippen molar-refractivity contribution in [3.63, 3.8) is 0 Å². The van der Waals surface area contributed by atoms with Crippen LogP contribution in [0.25, 0.3) is 11.0 Å². The minimum absolute atomic E-state index is 0.0108. The van der Waals surface area contributed by atoms with Crippen molar-refractivity contribution < 1.29 is 18.0 Å². The number of amides is 1. The number of hydrogen-bond donors (Lipinski definition) is 1. The Morgan fingerprint density at radius 3 is 2.70 bits per heavy atom. The molecule has 0 bridgehead atoms. The summed E-state index contributed by atoms with van der Waals surface area (Å²) in [4.78, 5) is 25.0. The summed E-state index contributed by atoms with van der Waals surface area (Å²) in [6, 6.07) is 4.70. The lowest BCUT2D eigenvalue weighted by molar-refractivity contribution is -0.148. The zero-order chi connectivity index (χ0) is 22.1. The summed E-state index contributed by atoms with van der Waals surface area (Å²) in [5.74, 6) is -1.24. The minimum Gasteiger partial charge on any atom is -0.334 e. The fourth-order valence-electron chi connectivity index (χ4n) is 3.17. The monoisotopic (exact) mass is 438 g/mol. The summed E-state index contributed by atoms with van der Waals surface area (Å²) in [6.45, 7) is 5.90. The van der Waals surface area contributed by atoms with Gasteiger partial charge in [0.05, 0.1) is 29.0 Å². The van der Waals surface area contributed by atoms with Crippen LogP contribution in [0.5, 0.6) is 0 Å². The summed E-state index contributed by atoms with van der Waals surface area (Å²) in [7, 11) is 2.12. The molecule has 3 heterocycles. The number of nitrogens with zero attached hydrogens (tertiary/aromatic N) is 4. The Hall–Kier alpha value is -2.49. The zero-order valence-electron chi connectivity index (χ0n) is 16.8. The van der Waals surface area contributed by atoms with Crippen molar-refractivity contribution in [1.29, 1.82) is 0 Å². The lowest BCUT2D eigenvalue weighted by Crippen LogP contribution is -2.45. The number of aromatic nitrogens is 4. The molecule has 1 atom stereocenters. The minimum atomic E-state index is -4.53. The van der Waals surface area contributed by atoms with E-state index < -0.39 is 23.9 Å². The number of carbonyl (C=O) groups is 1. The van der Waals surface area contributed by atoms with E-state index >= 15 is 0 Å². The van der Waals surface area contributed by atoms with Gasteiger partial charge in [-0.3, -0.25) is 4.79 Å². The number of alkyl halides is 3. The summed E-state index contributed by atoms with van der Waals surface area (Å²) in [5, 5.41) is 0.414. The molecule has 3 aromatic rings. The number of rotatable bonds is 2. The van der Waals surface area contributed by atoms with Crippen LogP contribution >= 0.6 is 11.6 Å². The number of hydrogen-bond acceptors (Lipinski definition) is 3. The van der Waals surface area contributed by atoms with Gasteiger partial charge in [0.15, 0.2) is 5.82 Å². The average molecular weight is 439 g/mol. The molecule has 1 aliphatic rings. The van der Waals surface area contributed by atoms with Gasteiger partial charge < -0.3 is 14.5 Å². The van der Waals surface area contributed by atoms with Crippen LogP contribution in [0.1, 0.15) is 36.0 Å². The SMILES string of the molecule is CC1Cn2c(cnc2C(F)(F)F)CN1C(=O)c1nc2c(Cl)cccc2[nH]1.C[B]CC. The molecule has 0 spiro atoms. The van der Waals surface area contributed by atoms with Gasteiger partial charge in [0.1, 0.15) is 12.8 Å². The van der Waals surface area contributed by atoms with Crippen molar-refractivity contribution in [3.8, 4) is 0 Å². The summed E-state index contributed by atoms with van der Waals surface area (Å²) < 4.78 is 40.2. The quantitative estimate of drug-likeness (QED) is 0.592. The highest BCUT2D eigenvalue weighted by atomic mass is 35.5.